The van der Waals surface area contributed by atoms with E-state index in [1.807, 2.05) is 17.1 Å². The fraction of sp³-hybridized carbons (Fsp3) is 0.750. The topological polar surface area (TPSA) is 64.0 Å². The fourth-order valence-corrected chi connectivity index (χ4v) is 4.30. The van der Waals surface area contributed by atoms with Gasteiger partial charge >= 0.3 is 0 Å². The van der Waals surface area contributed by atoms with Crippen LogP contribution in [0.15, 0.2) is 12.5 Å². The van der Waals surface area contributed by atoms with E-state index in [2.05, 4.69) is 10.3 Å². The van der Waals surface area contributed by atoms with Gasteiger partial charge in [0, 0.05) is 25.3 Å². The van der Waals surface area contributed by atoms with Crippen molar-refractivity contribution in [3.63, 3.8) is 0 Å². The summed E-state index contributed by atoms with van der Waals surface area (Å²) in [5.74, 6) is 0.942. The largest absolute Gasteiger partial charge is 0.337 e. The third kappa shape index (κ3) is 3.11. The zero-order valence-electron chi connectivity index (χ0n) is 10.4. The van der Waals surface area contributed by atoms with Crippen molar-refractivity contribution < 1.29 is 8.42 Å². The molecule has 1 saturated carbocycles. The van der Waals surface area contributed by atoms with E-state index in [-0.39, 0.29) is 5.92 Å². The first kappa shape index (κ1) is 12.2. The predicted octanol–water partition coefficient (Wildman–Crippen LogP) is 0.570. The van der Waals surface area contributed by atoms with Crippen LogP contribution in [0.4, 0.5) is 0 Å². The van der Waals surface area contributed by atoms with Crippen LogP contribution in [-0.2, 0) is 22.9 Å². The number of nitrogens with one attached hydrogen (secondary N) is 1. The summed E-state index contributed by atoms with van der Waals surface area (Å²) in [4.78, 5) is 4.35. The normalized spacial score (nSPS) is 26.6. The van der Waals surface area contributed by atoms with Gasteiger partial charge in [-0.25, -0.2) is 13.4 Å². The van der Waals surface area contributed by atoms with Gasteiger partial charge in [0.05, 0.1) is 23.5 Å². The summed E-state index contributed by atoms with van der Waals surface area (Å²) < 4.78 is 24.8. The summed E-state index contributed by atoms with van der Waals surface area (Å²) >= 11 is 0. The van der Waals surface area contributed by atoms with Crippen LogP contribution >= 0.6 is 0 Å². The lowest BCUT2D eigenvalue weighted by Crippen LogP contribution is -2.15. The first-order valence-corrected chi connectivity index (χ1v) is 8.37. The highest BCUT2D eigenvalue weighted by atomic mass is 32.2. The second kappa shape index (κ2) is 4.66. The smallest absolute Gasteiger partial charge is 0.150 e. The molecule has 1 aromatic heterocycles. The van der Waals surface area contributed by atoms with Crippen molar-refractivity contribution in [1.82, 2.24) is 14.9 Å². The van der Waals surface area contributed by atoms with Gasteiger partial charge in [0.15, 0.2) is 9.84 Å². The molecule has 1 saturated heterocycles. The maximum atomic E-state index is 11.4. The van der Waals surface area contributed by atoms with Crippen LogP contribution in [0.3, 0.4) is 0 Å². The summed E-state index contributed by atoms with van der Waals surface area (Å²) in [7, 11) is -2.77. The molecule has 1 aromatic rings. The van der Waals surface area contributed by atoms with Gasteiger partial charge in [-0.15, -0.1) is 0 Å². The van der Waals surface area contributed by atoms with Crippen molar-refractivity contribution in [2.75, 3.05) is 11.5 Å². The van der Waals surface area contributed by atoms with Gasteiger partial charge in [-0.3, -0.25) is 0 Å². The Hall–Kier alpha value is -0.880. The molecule has 0 aromatic carbocycles. The number of hydrogen-bond donors (Lipinski definition) is 1. The van der Waals surface area contributed by atoms with Crippen LogP contribution in [0.25, 0.3) is 0 Å². The highest BCUT2D eigenvalue weighted by Gasteiger charge is 2.28. The Morgan fingerprint density at radius 1 is 1.39 bits per heavy atom. The molecule has 2 aliphatic rings. The van der Waals surface area contributed by atoms with Crippen LogP contribution in [0.5, 0.6) is 0 Å². The Kier molecular flexibility index (Phi) is 3.15. The van der Waals surface area contributed by atoms with Crippen molar-refractivity contribution in [2.45, 2.75) is 38.4 Å². The molecule has 1 aliphatic carbocycles. The fourth-order valence-electron chi connectivity index (χ4n) is 2.45. The summed E-state index contributed by atoms with van der Waals surface area (Å²) in [6.07, 6.45) is 7.19. The van der Waals surface area contributed by atoms with Gasteiger partial charge in [-0.2, -0.15) is 0 Å². The van der Waals surface area contributed by atoms with Crippen LogP contribution in [-0.4, -0.2) is 35.5 Å². The summed E-state index contributed by atoms with van der Waals surface area (Å²) in [5.41, 5.74) is 1.04. The van der Waals surface area contributed by atoms with Crippen molar-refractivity contribution in [3.8, 4) is 0 Å². The van der Waals surface area contributed by atoms with Gasteiger partial charge in [-0.1, -0.05) is 0 Å². The van der Waals surface area contributed by atoms with Gasteiger partial charge in [0.1, 0.15) is 0 Å². The average molecular weight is 269 g/mol. The first-order valence-electron chi connectivity index (χ1n) is 6.55. The standard InChI is InChI=1S/C12H19N3O2S/c16-18(17)4-3-10(8-18)6-15-7-12(14-9-15)5-13-11-1-2-11/h7,9-11,13H,1-6,8H2. The maximum absolute atomic E-state index is 11.4. The average Bonchev–Trinajstić information content (AvgIpc) is 2.94. The van der Waals surface area contributed by atoms with Crippen molar-refractivity contribution in [3.05, 3.63) is 18.2 Å². The monoisotopic (exact) mass is 269 g/mol. The van der Waals surface area contributed by atoms with Crippen molar-refractivity contribution >= 4 is 9.84 Å². The number of nitrogens with zero attached hydrogens (tertiary/aromatic N) is 2. The number of hydrogen-bond acceptors (Lipinski definition) is 4. The number of aromatic nitrogens is 2. The minimum absolute atomic E-state index is 0.258. The number of imidazole rings is 1. The zero-order chi connectivity index (χ0) is 12.6. The quantitative estimate of drug-likeness (QED) is 0.849. The van der Waals surface area contributed by atoms with Crippen LogP contribution in [0.1, 0.15) is 25.0 Å². The van der Waals surface area contributed by atoms with Crippen LogP contribution < -0.4 is 5.32 Å². The molecule has 6 heteroatoms. The van der Waals surface area contributed by atoms with E-state index in [0.29, 0.717) is 17.5 Å². The minimum atomic E-state index is -2.77. The third-order valence-electron chi connectivity index (χ3n) is 3.63. The molecular formula is C12H19N3O2S. The van der Waals surface area contributed by atoms with Gasteiger partial charge in [0.2, 0.25) is 0 Å². The molecule has 1 unspecified atom stereocenters. The second-order valence-corrected chi connectivity index (χ2v) is 7.71. The van der Waals surface area contributed by atoms with Crippen molar-refractivity contribution in [1.29, 1.82) is 0 Å². The SMILES string of the molecule is O=S1(=O)CCC(Cn2cnc(CNC3CC3)c2)C1. The molecule has 3 rings (SSSR count). The Labute approximate surface area is 108 Å². The van der Waals surface area contributed by atoms with E-state index in [1.165, 1.54) is 12.8 Å². The Morgan fingerprint density at radius 2 is 2.22 bits per heavy atom. The van der Waals surface area contributed by atoms with Gasteiger partial charge in [0.25, 0.3) is 0 Å². The van der Waals surface area contributed by atoms with Crippen molar-refractivity contribution in [2.24, 2.45) is 5.92 Å². The highest BCUT2D eigenvalue weighted by molar-refractivity contribution is 7.91. The van der Waals surface area contributed by atoms with E-state index in [0.717, 1.165) is 25.2 Å². The van der Waals surface area contributed by atoms with E-state index >= 15 is 0 Å². The molecule has 0 radical (unpaired) electrons. The first-order chi connectivity index (χ1) is 8.61. The van der Waals surface area contributed by atoms with Gasteiger partial charge < -0.3 is 9.88 Å². The van der Waals surface area contributed by atoms with Crippen LogP contribution in [0, 0.1) is 5.92 Å². The molecule has 1 atom stereocenters. The lowest BCUT2D eigenvalue weighted by Gasteiger charge is -2.07. The molecule has 0 amide bonds. The van der Waals surface area contributed by atoms with Crippen LogP contribution in [0.2, 0.25) is 0 Å². The molecule has 2 fully saturated rings. The van der Waals surface area contributed by atoms with E-state index in [4.69, 9.17) is 0 Å². The lowest BCUT2D eigenvalue weighted by molar-refractivity contribution is 0.490. The molecule has 1 N–H and O–H groups in total. The highest BCUT2D eigenvalue weighted by Crippen LogP contribution is 2.21. The zero-order valence-corrected chi connectivity index (χ0v) is 11.2. The van der Waals surface area contributed by atoms with E-state index in [9.17, 15) is 8.42 Å². The van der Waals surface area contributed by atoms with Gasteiger partial charge in [-0.05, 0) is 25.2 Å². The summed E-state index contributed by atoms with van der Waals surface area (Å²) in [6, 6.07) is 0.690. The number of rotatable bonds is 5. The molecule has 0 spiro atoms. The molecular weight excluding hydrogens is 250 g/mol. The molecule has 0 bridgehead atoms. The molecule has 18 heavy (non-hydrogen) atoms. The summed E-state index contributed by atoms with van der Waals surface area (Å²) in [6.45, 7) is 1.59. The molecule has 100 valence electrons. The summed E-state index contributed by atoms with van der Waals surface area (Å²) in [5, 5.41) is 3.42. The Bertz CT molecular complexity index is 519. The second-order valence-electron chi connectivity index (χ2n) is 5.49. The Morgan fingerprint density at radius 3 is 2.89 bits per heavy atom. The Balaban J connectivity index is 1.53. The number of sulfone groups is 1. The lowest BCUT2D eigenvalue weighted by atomic mass is 10.1. The third-order valence-corrected chi connectivity index (χ3v) is 5.47. The predicted molar refractivity (Wildman–Crippen MR) is 68.8 cm³/mol. The molecule has 1 aliphatic heterocycles. The maximum Gasteiger partial charge on any atom is 0.150 e. The van der Waals surface area contributed by atoms with E-state index < -0.39 is 9.84 Å². The van der Waals surface area contributed by atoms with E-state index in [1.54, 1.807) is 0 Å². The molecule has 2 heterocycles. The molecule has 5 nitrogen and oxygen atoms in total. The minimum Gasteiger partial charge on any atom is -0.337 e.